The standard InChI is InChI=1S/C42H44ClN3O7/c1-26-14-13-19-31(43)36(26)45-23-12-6-11-20-33(48)44(3)27(2)37(29-17-9-5-10-18-29)52-41(51)34-32-21-22-42(53-32)35(34)39(49)46(38(42)40(45)50)30(25-47)24-28-15-7-4-8-16-28/h4-10,12-19,21-22,27,30,32,34-35,37-38,47H,11,20,23-25H2,1-3H3/b12-6-/t27-,30+,32+,34-,35-,37+,38+,42-/m0/s1. The van der Waals surface area contributed by atoms with Crippen molar-refractivity contribution >= 4 is 41.0 Å². The quantitative estimate of drug-likeness (QED) is 0.273. The number of halogens is 1. The molecule has 0 saturated carbocycles. The normalized spacial score (nSPS) is 30.1. The number of aliphatic hydroxyl groups excluding tert-OH is 1. The Bertz CT molecular complexity index is 1920. The second-order valence-electron chi connectivity index (χ2n) is 14.4. The van der Waals surface area contributed by atoms with Crippen molar-refractivity contribution in [3.8, 4) is 0 Å². The largest absolute Gasteiger partial charge is 0.455 e. The number of likely N-dealkylation sites (N-methyl/N-ethyl adjacent to an activating group) is 1. The Morgan fingerprint density at radius 2 is 1.66 bits per heavy atom. The highest BCUT2D eigenvalue weighted by atomic mass is 35.5. The summed E-state index contributed by atoms with van der Waals surface area (Å²) in [5, 5.41) is 11.3. The molecule has 1 N–H and O–H groups in total. The van der Waals surface area contributed by atoms with Gasteiger partial charge in [-0.15, -0.1) is 0 Å². The van der Waals surface area contributed by atoms with Gasteiger partial charge in [0.2, 0.25) is 11.8 Å². The van der Waals surface area contributed by atoms with E-state index in [-0.39, 0.29) is 25.3 Å². The SMILES string of the molecule is Cc1cccc(Cl)c1N1C/C=C\CCC(=O)N(C)[C@@H](C)[C@H](c2ccccc2)OC(=O)[C@@H]2[C@H]3C(=O)N([C@@H](CO)Cc4ccccc4)[C@H](C1=O)[C@]31C=C[C@H]2O1. The zero-order valence-electron chi connectivity index (χ0n) is 30.0. The maximum Gasteiger partial charge on any atom is 0.313 e. The number of hydrogen-bond acceptors (Lipinski definition) is 7. The van der Waals surface area contributed by atoms with Crippen LogP contribution in [0.15, 0.2) is 103 Å². The molecule has 8 atom stereocenters. The summed E-state index contributed by atoms with van der Waals surface area (Å²) in [5.74, 6) is -3.95. The van der Waals surface area contributed by atoms with Crippen molar-refractivity contribution in [1.82, 2.24) is 9.80 Å². The third-order valence-corrected chi connectivity index (χ3v) is 11.6. The molecule has 1 spiro atoms. The van der Waals surface area contributed by atoms with Crippen molar-refractivity contribution in [3.63, 3.8) is 0 Å². The van der Waals surface area contributed by atoms with Crippen molar-refractivity contribution in [2.75, 3.05) is 25.1 Å². The van der Waals surface area contributed by atoms with E-state index in [2.05, 4.69) is 0 Å². The van der Waals surface area contributed by atoms with Crippen LogP contribution in [-0.2, 0) is 35.1 Å². The van der Waals surface area contributed by atoms with E-state index in [9.17, 15) is 14.7 Å². The third kappa shape index (κ3) is 6.47. The fourth-order valence-corrected chi connectivity index (χ4v) is 8.82. The Morgan fingerprint density at radius 1 is 0.943 bits per heavy atom. The number of ether oxygens (including phenoxy) is 2. The van der Waals surface area contributed by atoms with E-state index in [0.29, 0.717) is 22.7 Å². The lowest BCUT2D eigenvalue weighted by molar-refractivity contribution is -0.164. The molecule has 3 aromatic carbocycles. The monoisotopic (exact) mass is 737 g/mol. The van der Waals surface area contributed by atoms with Crippen molar-refractivity contribution in [2.45, 2.75) is 69.0 Å². The average molecular weight is 738 g/mol. The minimum absolute atomic E-state index is 0.0836. The number of amides is 3. The lowest BCUT2D eigenvalue weighted by Crippen LogP contribution is -2.59. The van der Waals surface area contributed by atoms with E-state index >= 15 is 9.59 Å². The number of para-hydroxylation sites is 1. The molecule has 7 rings (SSSR count). The second kappa shape index (κ2) is 14.9. The van der Waals surface area contributed by atoms with Crippen LogP contribution >= 0.6 is 11.6 Å². The first kappa shape index (κ1) is 36.6. The minimum atomic E-state index is -1.53. The molecule has 4 aliphatic heterocycles. The number of cyclic esters (lactones) is 1. The van der Waals surface area contributed by atoms with Gasteiger partial charge in [-0.2, -0.15) is 0 Å². The van der Waals surface area contributed by atoms with E-state index in [1.807, 2.05) is 92.7 Å². The maximum atomic E-state index is 15.4. The molecule has 10 nitrogen and oxygen atoms in total. The first-order valence-electron chi connectivity index (χ1n) is 18.1. The van der Waals surface area contributed by atoms with Gasteiger partial charge in [-0.3, -0.25) is 19.2 Å². The van der Waals surface area contributed by atoms with Crippen LogP contribution in [0, 0.1) is 18.8 Å². The second-order valence-corrected chi connectivity index (χ2v) is 14.8. The van der Waals surface area contributed by atoms with Crippen molar-refractivity contribution < 1.29 is 33.8 Å². The van der Waals surface area contributed by atoms with E-state index < -0.39 is 72.2 Å². The van der Waals surface area contributed by atoms with Crippen LogP contribution in [-0.4, -0.2) is 88.6 Å². The number of carbonyl (C=O) groups excluding carboxylic acids is 4. The van der Waals surface area contributed by atoms with E-state index in [4.69, 9.17) is 21.1 Å². The highest BCUT2D eigenvalue weighted by Gasteiger charge is 2.74. The van der Waals surface area contributed by atoms with E-state index in [0.717, 1.165) is 11.1 Å². The van der Waals surface area contributed by atoms with Gasteiger partial charge in [-0.25, -0.2) is 0 Å². The number of carbonyl (C=O) groups is 4. The number of esters is 1. The number of nitrogens with zero attached hydrogens (tertiary/aromatic N) is 3. The van der Waals surface area contributed by atoms with Gasteiger partial charge in [-0.1, -0.05) is 109 Å². The summed E-state index contributed by atoms with van der Waals surface area (Å²) in [6.07, 6.45) is 6.33. The zero-order chi connectivity index (χ0) is 37.4. The van der Waals surface area contributed by atoms with Crippen molar-refractivity contribution in [1.29, 1.82) is 0 Å². The molecule has 0 aliphatic carbocycles. The van der Waals surface area contributed by atoms with Crippen molar-refractivity contribution in [3.05, 3.63) is 125 Å². The van der Waals surface area contributed by atoms with E-state index in [1.165, 1.54) is 4.90 Å². The summed E-state index contributed by atoms with van der Waals surface area (Å²) in [7, 11) is 1.69. The van der Waals surface area contributed by atoms with Gasteiger partial charge in [0.05, 0.1) is 41.4 Å². The molecule has 0 radical (unpaired) electrons. The summed E-state index contributed by atoms with van der Waals surface area (Å²) in [6.45, 7) is 3.34. The Balaban J connectivity index is 1.38. The summed E-state index contributed by atoms with van der Waals surface area (Å²) < 4.78 is 13.0. The van der Waals surface area contributed by atoms with Gasteiger partial charge < -0.3 is 29.3 Å². The molecule has 2 fully saturated rings. The third-order valence-electron chi connectivity index (χ3n) is 11.3. The summed E-state index contributed by atoms with van der Waals surface area (Å²) in [5.41, 5.74) is 1.25. The molecule has 5 bridgehead atoms. The van der Waals surface area contributed by atoms with Gasteiger partial charge in [-0.05, 0) is 49.4 Å². The van der Waals surface area contributed by atoms with Gasteiger partial charge in [0.25, 0.3) is 5.91 Å². The van der Waals surface area contributed by atoms with E-state index in [1.54, 1.807) is 41.1 Å². The molecule has 53 heavy (non-hydrogen) atoms. The first-order valence-corrected chi connectivity index (χ1v) is 18.5. The molecule has 4 aliphatic rings. The molecule has 276 valence electrons. The van der Waals surface area contributed by atoms with Crippen LogP contribution in [0.3, 0.4) is 0 Å². The molecule has 4 heterocycles. The summed E-state index contributed by atoms with van der Waals surface area (Å²) in [4.78, 5) is 63.0. The number of aryl methyl sites for hydroxylation is 1. The predicted octanol–water partition coefficient (Wildman–Crippen LogP) is 5.22. The number of hydrogen-bond donors (Lipinski definition) is 1. The lowest BCUT2D eigenvalue weighted by atomic mass is 9.74. The molecule has 0 aromatic heterocycles. The van der Waals surface area contributed by atoms with Gasteiger partial charge in [0.1, 0.15) is 23.7 Å². The maximum absolute atomic E-state index is 15.4. The molecular weight excluding hydrogens is 694 g/mol. The van der Waals surface area contributed by atoms with Crippen molar-refractivity contribution in [2.24, 2.45) is 11.8 Å². The number of allylic oxidation sites excluding steroid dienone is 1. The van der Waals surface area contributed by atoms with Crippen LogP contribution in [0.2, 0.25) is 5.02 Å². The minimum Gasteiger partial charge on any atom is -0.455 e. The molecule has 0 unspecified atom stereocenters. The fraction of sp³-hybridized carbons (Fsp3) is 0.381. The predicted molar refractivity (Wildman–Crippen MR) is 200 cm³/mol. The Morgan fingerprint density at radius 3 is 2.36 bits per heavy atom. The van der Waals surface area contributed by atoms with Crippen LogP contribution in [0.4, 0.5) is 5.69 Å². The van der Waals surface area contributed by atoms with Gasteiger partial charge >= 0.3 is 5.97 Å². The average Bonchev–Trinajstić information content (AvgIpc) is 3.81. The number of rotatable bonds is 6. The van der Waals surface area contributed by atoms with Gasteiger partial charge in [0, 0.05) is 20.0 Å². The number of aliphatic hydroxyl groups is 1. The number of anilines is 1. The lowest BCUT2D eigenvalue weighted by Gasteiger charge is -2.39. The van der Waals surface area contributed by atoms with Gasteiger partial charge in [0.15, 0.2) is 0 Å². The Labute approximate surface area is 314 Å². The smallest absolute Gasteiger partial charge is 0.313 e. The number of likely N-dealkylation sites (tertiary alicyclic amines) is 1. The van der Waals surface area contributed by atoms with Crippen LogP contribution in [0.5, 0.6) is 0 Å². The topological polar surface area (TPSA) is 117 Å². The fourth-order valence-electron chi connectivity index (χ4n) is 8.49. The summed E-state index contributed by atoms with van der Waals surface area (Å²) >= 11 is 6.81. The number of fused-ring (bicyclic) bond motifs is 2. The Hall–Kier alpha value is -4.77. The molecule has 3 aromatic rings. The van der Waals surface area contributed by atoms with Crippen LogP contribution in [0.1, 0.15) is 42.6 Å². The summed E-state index contributed by atoms with van der Waals surface area (Å²) in [6, 6.07) is 21.4. The molecule has 2 saturated heterocycles. The number of benzene rings is 3. The Kier molecular flexibility index (Phi) is 10.3. The molecule has 11 heteroatoms. The highest BCUT2D eigenvalue weighted by molar-refractivity contribution is 6.34. The zero-order valence-corrected chi connectivity index (χ0v) is 30.8. The van der Waals surface area contributed by atoms with Crippen LogP contribution in [0.25, 0.3) is 0 Å². The highest BCUT2D eigenvalue weighted by Crippen LogP contribution is 2.56. The first-order chi connectivity index (χ1) is 25.6. The molecular formula is C42H44ClN3O7. The molecule has 3 amide bonds. The van der Waals surface area contributed by atoms with Crippen LogP contribution < -0.4 is 4.90 Å².